The summed E-state index contributed by atoms with van der Waals surface area (Å²) in [6, 6.07) is 7.30. The van der Waals surface area contributed by atoms with Gasteiger partial charge >= 0.3 is 6.18 Å². The Bertz CT molecular complexity index is 624. The molecule has 0 unspecified atom stereocenters. The predicted octanol–water partition coefficient (Wildman–Crippen LogP) is 5.39. The molecule has 2 nitrogen and oxygen atoms in total. The molecule has 0 fully saturated rings. The summed E-state index contributed by atoms with van der Waals surface area (Å²) in [6.45, 7) is 0. The highest BCUT2D eigenvalue weighted by Gasteiger charge is 2.30. The van der Waals surface area contributed by atoms with Gasteiger partial charge in [-0.25, -0.2) is 0 Å². The van der Waals surface area contributed by atoms with E-state index in [-0.39, 0.29) is 17.2 Å². The van der Waals surface area contributed by atoms with Crippen molar-refractivity contribution >= 4 is 28.9 Å². The molecule has 0 atom stereocenters. The molecule has 20 heavy (non-hydrogen) atoms. The number of rotatable bonds is 2. The van der Waals surface area contributed by atoms with E-state index in [9.17, 15) is 13.2 Å². The van der Waals surface area contributed by atoms with Crippen molar-refractivity contribution in [1.82, 2.24) is 0 Å². The van der Waals surface area contributed by atoms with Gasteiger partial charge < -0.3 is 10.5 Å². The van der Waals surface area contributed by atoms with Gasteiger partial charge in [0.25, 0.3) is 0 Å². The van der Waals surface area contributed by atoms with Crippen molar-refractivity contribution in [2.24, 2.45) is 0 Å². The summed E-state index contributed by atoms with van der Waals surface area (Å²) >= 11 is 11.6. The molecule has 0 aliphatic rings. The Hall–Kier alpha value is -1.59. The van der Waals surface area contributed by atoms with Gasteiger partial charge in [-0.3, -0.25) is 0 Å². The zero-order valence-electron chi connectivity index (χ0n) is 9.84. The van der Waals surface area contributed by atoms with E-state index in [0.717, 1.165) is 18.2 Å². The average Bonchev–Trinajstić information content (AvgIpc) is 2.29. The minimum absolute atomic E-state index is 0.0938. The SMILES string of the molecule is Nc1cc(C(F)(F)F)ccc1Oc1cc(Cl)cc(Cl)c1. The third-order valence-corrected chi connectivity index (χ3v) is 2.84. The van der Waals surface area contributed by atoms with E-state index >= 15 is 0 Å². The van der Waals surface area contributed by atoms with Crippen LogP contribution in [0.4, 0.5) is 18.9 Å². The van der Waals surface area contributed by atoms with Crippen LogP contribution in [0.5, 0.6) is 11.5 Å². The van der Waals surface area contributed by atoms with E-state index in [0.29, 0.717) is 10.0 Å². The molecule has 7 heteroatoms. The Morgan fingerprint density at radius 1 is 0.950 bits per heavy atom. The molecule has 0 bridgehead atoms. The first kappa shape index (κ1) is 14.8. The largest absolute Gasteiger partial charge is 0.455 e. The normalized spacial score (nSPS) is 11.4. The van der Waals surface area contributed by atoms with Crippen molar-refractivity contribution in [2.75, 3.05) is 5.73 Å². The number of alkyl halides is 3. The Morgan fingerprint density at radius 2 is 1.55 bits per heavy atom. The first-order chi connectivity index (χ1) is 9.25. The predicted molar refractivity (Wildman–Crippen MR) is 72.4 cm³/mol. The molecule has 2 aromatic rings. The van der Waals surface area contributed by atoms with E-state index in [1.807, 2.05) is 0 Å². The first-order valence-corrected chi connectivity index (χ1v) is 6.12. The third-order valence-electron chi connectivity index (χ3n) is 2.40. The summed E-state index contributed by atoms with van der Waals surface area (Å²) in [5.74, 6) is 0.380. The standard InChI is InChI=1S/C13H8Cl2F3NO/c14-8-4-9(15)6-10(5-8)20-12-2-1-7(3-11(12)19)13(16,17)18/h1-6H,19H2. The molecule has 0 aliphatic carbocycles. The molecule has 0 saturated heterocycles. The maximum atomic E-state index is 12.5. The fourth-order valence-corrected chi connectivity index (χ4v) is 2.04. The molecule has 2 N–H and O–H groups in total. The van der Waals surface area contributed by atoms with Crippen LogP contribution in [-0.2, 0) is 6.18 Å². The maximum absolute atomic E-state index is 12.5. The van der Waals surface area contributed by atoms with Crippen molar-refractivity contribution in [3.8, 4) is 11.5 Å². The summed E-state index contributed by atoms with van der Waals surface area (Å²) in [5, 5.41) is 0.691. The molecule has 0 aromatic heterocycles. The van der Waals surface area contributed by atoms with Crippen LogP contribution in [0.3, 0.4) is 0 Å². The van der Waals surface area contributed by atoms with Crippen LogP contribution in [0.1, 0.15) is 5.56 Å². The lowest BCUT2D eigenvalue weighted by molar-refractivity contribution is -0.137. The summed E-state index contributed by atoms with van der Waals surface area (Å²) in [4.78, 5) is 0. The quantitative estimate of drug-likeness (QED) is 0.753. The van der Waals surface area contributed by atoms with E-state index in [1.54, 1.807) is 0 Å². The number of nitrogen functional groups attached to an aromatic ring is 1. The minimum atomic E-state index is -4.45. The number of ether oxygens (including phenoxy) is 1. The molecule has 0 amide bonds. The van der Waals surface area contributed by atoms with Crippen molar-refractivity contribution < 1.29 is 17.9 Å². The summed E-state index contributed by atoms with van der Waals surface area (Å²) in [5.41, 5.74) is 4.58. The second-order valence-corrected chi connectivity index (χ2v) is 4.83. The highest BCUT2D eigenvalue weighted by molar-refractivity contribution is 6.34. The first-order valence-electron chi connectivity index (χ1n) is 5.36. The molecule has 0 heterocycles. The molecule has 0 aliphatic heterocycles. The van der Waals surface area contributed by atoms with E-state index in [4.69, 9.17) is 33.7 Å². The van der Waals surface area contributed by atoms with Crippen LogP contribution >= 0.6 is 23.2 Å². The van der Waals surface area contributed by atoms with E-state index in [2.05, 4.69) is 0 Å². The Morgan fingerprint density at radius 3 is 2.05 bits per heavy atom. The Kier molecular flexibility index (Phi) is 4.01. The van der Waals surface area contributed by atoms with Gasteiger partial charge in [-0.05, 0) is 36.4 Å². The molecule has 0 saturated carbocycles. The van der Waals surface area contributed by atoms with Gasteiger partial charge in [0.1, 0.15) is 11.5 Å². The number of halogens is 5. The number of nitrogens with two attached hydrogens (primary N) is 1. The highest BCUT2D eigenvalue weighted by atomic mass is 35.5. The number of hydrogen-bond donors (Lipinski definition) is 1. The van der Waals surface area contributed by atoms with Crippen LogP contribution < -0.4 is 10.5 Å². The van der Waals surface area contributed by atoms with Gasteiger partial charge in [0.2, 0.25) is 0 Å². The maximum Gasteiger partial charge on any atom is 0.416 e. The van der Waals surface area contributed by atoms with Crippen LogP contribution in [0.25, 0.3) is 0 Å². The zero-order valence-corrected chi connectivity index (χ0v) is 11.4. The number of anilines is 1. The lowest BCUT2D eigenvalue weighted by atomic mass is 10.2. The van der Waals surface area contributed by atoms with Gasteiger partial charge in [-0.15, -0.1) is 0 Å². The van der Waals surface area contributed by atoms with Gasteiger partial charge in [0.15, 0.2) is 0 Å². The summed E-state index contributed by atoms with van der Waals surface area (Å²) in [7, 11) is 0. The molecule has 2 rings (SSSR count). The summed E-state index contributed by atoms with van der Waals surface area (Å²) < 4.78 is 42.9. The van der Waals surface area contributed by atoms with Crippen molar-refractivity contribution in [3.63, 3.8) is 0 Å². The van der Waals surface area contributed by atoms with Crippen LogP contribution in [0.15, 0.2) is 36.4 Å². The molecule has 2 aromatic carbocycles. The smallest absolute Gasteiger partial charge is 0.416 e. The topological polar surface area (TPSA) is 35.2 Å². The third kappa shape index (κ3) is 3.49. The van der Waals surface area contributed by atoms with Gasteiger partial charge in [0.05, 0.1) is 11.3 Å². The lowest BCUT2D eigenvalue weighted by Gasteiger charge is -2.12. The molecule has 106 valence electrons. The Labute approximate surface area is 122 Å². The van der Waals surface area contributed by atoms with Crippen LogP contribution in [-0.4, -0.2) is 0 Å². The lowest BCUT2D eigenvalue weighted by Crippen LogP contribution is -2.05. The molecule has 0 spiro atoms. The van der Waals surface area contributed by atoms with Gasteiger partial charge in [-0.2, -0.15) is 13.2 Å². The second kappa shape index (κ2) is 5.42. The minimum Gasteiger partial charge on any atom is -0.455 e. The number of benzene rings is 2. The zero-order chi connectivity index (χ0) is 14.9. The van der Waals surface area contributed by atoms with Crippen molar-refractivity contribution in [1.29, 1.82) is 0 Å². The van der Waals surface area contributed by atoms with Gasteiger partial charge in [-0.1, -0.05) is 23.2 Å². The van der Waals surface area contributed by atoms with Crippen molar-refractivity contribution in [3.05, 3.63) is 52.0 Å². The Balaban J connectivity index is 2.30. The fraction of sp³-hybridized carbons (Fsp3) is 0.0769. The van der Waals surface area contributed by atoms with Crippen molar-refractivity contribution in [2.45, 2.75) is 6.18 Å². The highest BCUT2D eigenvalue weighted by Crippen LogP contribution is 2.36. The fourth-order valence-electron chi connectivity index (χ4n) is 1.53. The van der Waals surface area contributed by atoms with Gasteiger partial charge in [0, 0.05) is 10.0 Å². The van der Waals surface area contributed by atoms with E-state index < -0.39 is 11.7 Å². The number of hydrogen-bond acceptors (Lipinski definition) is 2. The summed E-state index contributed by atoms with van der Waals surface area (Å²) in [6.07, 6.45) is -4.45. The monoisotopic (exact) mass is 321 g/mol. The second-order valence-electron chi connectivity index (χ2n) is 3.96. The van der Waals surface area contributed by atoms with E-state index in [1.165, 1.54) is 18.2 Å². The molecular weight excluding hydrogens is 314 g/mol. The molecular formula is C13H8Cl2F3NO. The molecule has 0 radical (unpaired) electrons. The van der Waals surface area contributed by atoms with Crippen LogP contribution in [0, 0.1) is 0 Å². The average molecular weight is 322 g/mol. The van der Waals surface area contributed by atoms with Crippen LogP contribution in [0.2, 0.25) is 10.0 Å².